The minimum Gasteiger partial charge on any atom is -0.491 e. The second-order valence-electron chi connectivity index (χ2n) is 2.97. The van der Waals surface area contributed by atoms with Gasteiger partial charge in [-0.1, -0.05) is 22.0 Å². The van der Waals surface area contributed by atoms with E-state index in [9.17, 15) is 5.11 Å². The first-order valence-corrected chi connectivity index (χ1v) is 5.34. The largest absolute Gasteiger partial charge is 0.491 e. The fourth-order valence-corrected chi connectivity index (χ4v) is 1.37. The van der Waals surface area contributed by atoms with Crippen LogP contribution in [0.3, 0.4) is 0 Å². The molecule has 15 heavy (non-hydrogen) atoms. The highest BCUT2D eigenvalue weighted by atomic mass is 79.9. The first-order valence-electron chi connectivity index (χ1n) is 4.54. The molecule has 0 aromatic heterocycles. The highest BCUT2D eigenvalue weighted by molar-refractivity contribution is 9.10. The molecule has 0 amide bonds. The second-order valence-corrected chi connectivity index (χ2v) is 3.89. The van der Waals surface area contributed by atoms with E-state index in [0.717, 1.165) is 10.2 Å². The minimum absolute atomic E-state index is 0.229. The van der Waals surface area contributed by atoms with E-state index in [1.165, 1.54) is 7.11 Å². The lowest BCUT2D eigenvalue weighted by Crippen LogP contribution is -2.30. The number of hydroxylamine groups is 1. The molecule has 0 aliphatic carbocycles. The molecule has 0 heterocycles. The van der Waals surface area contributed by atoms with Crippen LogP contribution in [0.15, 0.2) is 28.7 Å². The highest BCUT2D eigenvalue weighted by Crippen LogP contribution is 2.17. The molecule has 1 aromatic carbocycles. The summed E-state index contributed by atoms with van der Waals surface area (Å²) < 4.78 is 6.32. The van der Waals surface area contributed by atoms with Gasteiger partial charge in [0.05, 0.1) is 13.7 Å². The van der Waals surface area contributed by atoms with Crippen LogP contribution in [0.2, 0.25) is 0 Å². The number of ether oxygens (including phenoxy) is 1. The SMILES string of the molecule is CONCC(O)COc1cccc(Br)c1. The molecule has 4 nitrogen and oxygen atoms in total. The average molecular weight is 276 g/mol. The van der Waals surface area contributed by atoms with Crippen molar-refractivity contribution < 1.29 is 14.7 Å². The van der Waals surface area contributed by atoms with E-state index in [0.29, 0.717) is 6.54 Å². The number of aliphatic hydroxyl groups is 1. The molecule has 0 aliphatic heterocycles. The van der Waals surface area contributed by atoms with Gasteiger partial charge >= 0.3 is 0 Å². The normalized spacial score (nSPS) is 12.5. The standard InChI is InChI=1S/C10H14BrNO3/c1-14-12-6-9(13)7-15-10-4-2-3-8(11)5-10/h2-5,9,12-13H,6-7H2,1H3. The van der Waals surface area contributed by atoms with Crippen molar-refractivity contribution in [2.75, 3.05) is 20.3 Å². The van der Waals surface area contributed by atoms with Crippen molar-refractivity contribution in [3.8, 4) is 5.75 Å². The second kappa shape index (κ2) is 6.79. The predicted octanol–water partition coefficient (Wildman–Crippen LogP) is 1.34. The highest BCUT2D eigenvalue weighted by Gasteiger charge is 2.04. The van der Waals surface area contributed by atoms with Crippen LogP contribution in [0.4, 0.5) is 0 Å². The van der Waals surface area contributed by atoms with Crippen molar-refractivity contribution in [3.63, 3.8) is 0 Å². The molecule has 2 N–H and O–H groups in total. The molecule has 0 fully saturated rings. The van der Waals surface area contributed by atoms with E-state index in [4.69, 9.17) is 4.74 Å². The Balaban J connectivity index is 2.30. The van der Waals surface area contributed by atoms with E-state index in [-0.39, 0.29) is 6.61 Å². The first kappa shape index (κ1) is 12.4. The van der Waals surface area contributed by atoms with E-state index in [2.05, 4.69) is 26.2 Å². The maximum absolute atomic E-state index is 9.43. The molecule has 0 aliphatic rings. The molecular weight excluding hydrogens is 262 g/mol. The molecule has 1 aromatic rings. The number of aliphatic hydroxyl groups excluding tert-OH is 1. The van der Waals surface area contributed by atoms with Gasteiger partial charge in [-0.05, 0) is 18.2 Å². The zero-order valence-electron chi connectivity index (χ0n) is 8.44. The molecular formula is C10H14BrNO3. The van der Waals surface area contributed by atoms with E-state index >= 15 is 0 Å². The number of benzene rings is 1. The van der Waals surface area contributed by atoms with Crippen LogP contribution >= 0.6 is 15.9 Å². The zero-order chi connectivity index (χ0) is 11.1. The summed E-state index contributed by atoms with van der Waals surface area (Å²) in [6.07, 6.45) is -0.594. The summed E-state index contributed by atoms with van der Waals surface area (Å²) in [4.78, 5) is 4.61. The Morgan fingerprint density at radius 3 is 3.00 bits per heavy atom. The quantitative estimate of drug-likeness (QED) is 0.770. The van der Waals surface area contributed by atoms with Crippen molar-refractivity contribution in [1.29, 1.82) is 0 Å². The van der Waals surface area contributed by atoms with Crippen LogP contribution in [-0.4, -0.2) is 31.5 Å². The summed E-state index contributed by atoms with van der Waals surface area (Å²) in [7, 11) is 1.50. The fourth-order valence-electron chi connectivity index (χ4n) is 0.988. The van der Waals surface area contributed by atoms with E-state index in [1.54, 1.807) is 0 Å². The Bertz CT molecular complexity index is 296. The van der Waals surface area contributed by atoms with Crippen molar-refractivity contribution in [2.24, 2.45) is 0 Å². The third-order valence-electron chi connectivity index (χ3n) is 1.70. The van der Waals surface area contributed by atoms with Crippen molar-refractivity contribution in [3.05, 3.63) is 28.7 Å². The summed E-state index contributed by atoms with van der Waals surface area (Å²) in [5.74, 6) is 0.723. The topological polar surface area (TPSA) is 50.7 Å². The molecule has 1 rings (SSSR count). The maximum atomic E-state index is 9.43. The van der Waals surface area contributed by atoms with Gasteiger partial charge in [-0.25, -0.2) is 5.48 Å². The lowest BCUT2D eigenvalue weighted by molar-refractivity contribution is 0.0322. The third-order valence-corrected chi connectivity index (χ3v) is 2.20. The van der Waals surface area contributed by atoms with Gasteiger partial charge in [-0.3, -0.25) is 0 Å². The molecule has 1 atom stereocenters. The van der Waals surface area contributed by atoms with Crippen LogP contribution in [0.1, 0.15) is 0 Å². The summed E-state index contributed by atoms with van der Waals surface area (Å²) in [5.41, 5.74) is 2.56. The molecule has 0 bridgehead atoms. The third kappa shape index (κ3) is 5.13. The Morgan fingerprint density at radius 2 is 2.33 bits per heavy atom. The lowest BCUT2D eigenvalue weighted by Gasteiger charge is -2.12. The van der Waals surface area contributed by atoms with Crippen molar-refractivity contribution in [1.82, 2.24) is 5.48 Å². The van der Waals surface area contributed by atoms with Gasteiger partial charge in [-0.2, -0.15) is 0 Å². The number of halogens is 1. The Hall–Kier alpha value is -0.620. The van der Waals surface area contributed by atoms with Crippen molar-refractivity contribution >= 4 is 15.9 Å². The Kier molecular flexibility index (Phi) is 5.63. The number of hydrogen-bond acceptors (Lipinski definition) is 4. The van der Waals surface area contributed by atoms with Crippen LogP contribution in [0.5, 0.6) is 5.75 Å². The lowest BCUT2D eigenvalue weighted by atomic mass is 10.3. The first-order chi connectivity index (χ1) is 7.22. The maximum Gasteiger partial charge on any atom is 0.120 e. The van der Waals surface area contributed by atoms with Crippen LogP contribution in [-0.2, 0) is 4.84 Å². The van der Waals surface area contributed by atoms with Gasteiger partial charge in [0.15, 0.2) is 0 Å². The van der Waals surface area contributed by atoms with Gasteiger partial charge in [-0.15, -0.1) is 0 Å². The molecule has 5 heteroatoms. The van der Waals surface area contributed by atoms with Gasteiger partial charge in [0.1, 0.15) is 18.5 Å². The molecule has 0 spiro atoms. The number of hydrogen-bond donors (Lipinski definition) is 2. The average Bonchev–Trinajstić information content (AvgIpc) is 2.23. The molecule has 1 unspecified atom stereocenters. The predicted molar refractivity (Wildman–Crippen MR) is 60.7 cm³/mol. The molecule has 0 radical (unpaired) electrons. The number of nitrogens with one attached hydrogen (secondary N) is 1. The van der Waals surface area contributed by atoms with Crippen LogP contribution < -0.4 is 10.2 Å². The smallest absolute Gasteiger partial charge is 0.120 e. The summed E-state index contributed by atoms with van der Waals surface area (Å²) in [6, 6.07) is 7.46. The van der Waals surface area contributed by atoms with Gasteiger partial charge in [0.2, 0.25) is 0 Å². The summed E-state index contributed by atoms with van der Waals surface area (Å²) in [6.45, 7) is 0.567. The molecule has 84 valence electrons. The summed E-state index contributed by atoms with van der Waals surface area (Å²) in [5, 5.41) is 9.43. The Labute approximate surface area is 97.3 Å². The molecule has 0 saturated carbocycles. The molecule has 0 saturated heterocycles. The minimum atomic E-state index is -0.594. The monoisotopic (exact) mass is 275 g/mol. The Morgan fingerprint density at radius 1 is 1.53 bits per heavy atom. The van der Waals surface area contributed by atoms with Crippen molar-refractivity contribution in [2.45, 2.75) is 6.10 Å². The zero-order valence-corrected chi connectivity index (χ0v) is 10.0. The van der Waals surface area contributed by atoms with Gasteiger partial charge in [0, 0.05) is 4.47 Å². The van der Waals surface area contributed by atoms with Crippen LogP contribution in [0.25, 0.3) is 0 Å². The summed E-state index contributed by atoms with van der Waals surface area (Å²) >= 11 is 3.34. The van der Waals surface area contributed by atoms with Crippen LogP contribution in [0, 0.1) is 0 Å². The van der Waals surface area contributed by atoms with Gasteiger partial charge < -0.3 is 14.7 Å². The fraction of sp³-hybridized carbons (Fsp3) is 0.400. The number of rotatable bonds is 6. The van der Waals surface area contributed by atoms with E-state index < -0.39 is 6.10 Å². The van der Waals surface area contributed by atoms with E-state index in [1.807, 2.05) is 24.3 Å². The van der Waals surface area contributed by atoms with Gasteiger partial charge in [0.25, 0.3) is 0 Å².